The second-order valence-electron chi connectivity index (χ2n) is 8.51. The second-order valence-corrected chi connectivity index (χ2v) is 8.51. The van der Waals surface area contributed by atoms with Crippen molar-refractivity contribution >= 4 is 16.7 Å². The van der Waals surface area contributed by atoms with Crippen LogP contribution in [0.15, 0.2) is 79.0 Å². The zero-order valence-electron chi connectivity index (χ0n) is 18.1. The summed E-state index contributed by atoms with van der Waals surface area (Å²) >= 11 is 0. The number of fused-ring (bicyclic) bond motifs is 1. The Morgan fingerprint density at radius 3 is 2.45 bits per heavy atom. The van der Waals surface area contributed by atoms with Crippen LogP contribution in [0.5, 0.6) is 11.6 Å². The van der Waals surface area contributed by atoms with E-state index in [9.17, 15) is 9.18 Å². The van der Waals surface area contributed by atoms with Crippen molar-refractivity contribution < 1.29 is 13.9 Å². The molecule has 0 aliphatic carbocycles. The van der Waals surface area contributed by atoms with Crippen LogP contribution >= 0.6 is 0 Å². The summed E-state index contributed by atoms with van der Waals surface area (Å²) in [5.41, 5.74) is 8.05. The molecule has 3 aromatic carbocycles. The number of carbonyl (C=O) groups is 1. The van der Waals surface area contributed by atoms with Crippen LogP contribution in [0.4, 0.5) is 4.39 Å². The van der Waals surface area contributed by atoms with E-state index < -0.39 is 5.91 Å². The number of pyridine rings is 1. The summed E-state index contributed by atoms with van der Waals surface area (Å²) in [7, 11) is 0. The number of amides is 1. The van der Waals surface area contributed by atoms with Gasteiger partial charge in [0.2, 0.25) is 11.8 Å². The molecule has 1 aliphatic heterocycles. The van der Waals surface area contributed by atoms with Crippen LogP contribution in [0.25, 0.3) is 10.8 Å². The molecule has 0 radical (unpaired) electrons. The predicted molar refractivity (Wildman–Crippen MR) is 126 cm³/mol. The summed E-state index contributed by atoms with van der Waals surface area (Å²) in [5.74, 6) is 1.01. The van der Waals surface area contributed by atoms with Crippen molar-refractivity contribution in [3.8, 4) is 11.6 Å². The third kappa shape index (κ3) is 4.71. The van der Waals surface area contributed by atoms with Gasteiger partial charge in [0.1, 0.15) is 11.6 Å². The molecule has 5 rings (SSSR count). The Labute approximate surface area is 191 Å². The zero-order chi connectivity index (χ0) is 22.8. The number of aromatic nitrogens is 1. The van der Waals surface area contributed by atoms with Gasteiger partial charge < -0.3 is 10.5 Å². The van der Waals surface area contributed by atoms with Gasteiger partial charge in [0.25, 0.3) is 0 Å². The summed E-state index contributed by atoms with van der Waals surface area (Å²) in [6.07, 6.45) is 2.40. The van der Waals surface area contributed by atoms with Crippen molar-refractivity contribution in [1.82, 2.24) is 9.88 Å². The van der Waals surface area contributed by atoms with Crippen LogP contribution in [0, 0.1) is 11.7 Å². The van der Waals surface area contributed by atoms with Crippen LogP contribution in [-0.4, -0.2) is 28.9 Å². The minimum atomic E-state index is -0.519. The van der Waals surface area contributed by atoms with Gasteiger partial charge >= 0.3 is 0 Å². The number of hydrogen-bond donors (Lipinski definition) is 1. The lowest BCUT2D eigenvalue weighted by Crippen LogP contribution is -2.46. The number of benzene rings is 3. The fourth-order valence-electron chi connectivity index (χ4n) is 4.39. The minimum absolute atomic E-state index is 0.188. The third-order valence-electron chi connectivity index (χ3n) is 6.07. The molecule has 0 bridgehead atoms. The highest BCUT2D eigenvalue weighted by Crippen LogP contribution is 2.33. The molecular formula is C27H24FN3O2. The van der Waals surface area contributed by atoms with E-state index in [1.165, 1.54) is 29.5 Å². The zero-order valence-corrected chi connectivity index (χ0v) is 18.1. The largest absolute Gasteiger partial charge is 0.438 e. The first-order chi connectivity index (χ1) is 16.0. The number of rotatable bonds is 7. The number of hydrogen-bond acceptors (Lipinski definition) is 4. The first-order valence-electron chi connectivity index (χ1n) is 11.0. The van der Waals surface area contributed by atoms with Crippen LogP contribution in [0.1, 0.15) is 21.5 Å². The molecule has 1 amide bonds. The van der Waals surface area contributed by atoms with Crippen LogP contribution in [-0.2, 0) is 13.0 Å². The fraction of sp³-hybridized carbons (Fsp3) is 0.185. The highest BCUT2D eigenvalue weighted by molar-refractivity contribution is 5.92. The number of carbonyl (C=O) groups excluding carboxylic acids is 1. The molecule has 1 aromatic heterocycles. The summed E-state index contributed by atoms with van der Waals surface area (Å²) in [6.45, 7) is 2.92. The molecule has 0 spiro atoms. The summed E-state index contributed by atoms with van der Waals surface area (Å²) in [5, 5.41) is 2.16. The summed E-state index contributed by atoms with van der Waals surface area (Å²) in [6, 6.07) is 22.3. The maximum atomic E-state index is 13.1. The third-order valence-corrected chi connectivity index (χ3v) is 6.07. The highest BCUT2D eigenvalue weighted by Gasteiger charge is 2.27. The van der Waals surface area contributed by atoms with Gasteiger partial charge in [-0.2, -0.15) is 0 Å². The molecule has 0 saturated carbocycles. The molecule has 4 aromatic rings. The average molecular weight is 442 g/mol. The normalized spacial score (nSPS) is 14.2. The van der Waals surface area contributed by atoms with Crippen LogP contribution in [0.2, 0.25) is 0 Å². The van der Waals surface area contributed by atoms with E-state index in [1.807, 2.05) is 36.4 Å². The predicted octanol–water partition coefficient (Wildman–Crippen LogP) is 4.94. The molecule has 1 fully saturated rings. The monoisotopic (exact) mass is 441 g/mol. The molecule has 0 unspecified atom stereocenters. The van der Waals surface area contributed by atoms with Gasteiger partial charge in [-0.3, -0.25) is 9.69 Å². The molecule has 2 heterocycles. The van der Waals surface area contributed by atoms with Gasteiger partial charge in [0.15, 0.2) is 0 Å². The quantitative estimate of drug-likeness (QED) is 0.441. The van der Waals surface area contributed by atoms with Gasteiger partial charge in [-0.25, -0.2) is 9.37 Å². The van der Waals surface area contributed by atoms with E-state index in [-0.39, 0.29) is 5.82 Å². The molecule has 5 nitrogen and oxygen atoms in total. The first kappa shape index (κ1) is 21.1. The van der Waals surface area contributed by atoms with E-state index in [0.29, 0.717) is 23.1 Å². The molecule has 6 heteroatoms. The smallest absolute Gasteiger partial charge is 0.250 e. The van der Waals surface area contributed by atoms with Crippen molar-refractivity contribution in [2.75, 3.05) is 13.1 Å². The van der Waals surface area contributed by atoms with E-state index in [4.69, 9.17) is 10.5 Å². The topological polar surface area (TPSA) is 68.5 Å². The lowest BCUT2D eigenvalue weighted by Gasteiger charge is -2.39. The summed E-state index contributed by atoms with van der Waals surface area (Å²) < 4.78 is 19.1. The van der Waals surface area contributed by atoms with Crippen LogP contribution < -0.4 is 10.5 Å². The first-order valence-corrected chi connectivity index (χ1v) is 11.0. The van der Waals surface area contributed by atoms with Crippen molar-refractivity contribution in [2.24, 2.45) is 11.7 Å². The minimum Gasteiger partial charge on any atom is -0.438 e. The standard InChI is InChI=1S/C27H24FN3O2/c28-22-9-5-18(6-10-22)13-19-15-31(16-19)17-21-7-11-25(24-4-2-1-3-23(21)24)33-26-12-8-20(14-30-26)27(29)32/h1-12,14,19H,13,15-17H2,(H2,29,32). The summed E-state index contributed by atoms with van der Waals surface area (Å²) in [4.78, 5) is 17.9. The van der Waals surface area contributed by atoms with E-state index in [0.717, 1.165) is 36.8 Å². The van der Waals surface area contributed by atoms with Gasteiger partial charge in [0.05, 0.1) is 5.56 Å². The Bertz CT molecular complexity index is 1280. The Hall–Kier alpha value is -3.77. The van der Waals surface area contributed by atoms with E-state index in [2.05, 4.69) is 22.0 Å². The lowest BCUT2D eigenvalue weighted by molar-refractivity contribution is 0.0930. The van der Waals surface area contributed by atoms with Gasteiger partial charge in [-0.1, -0.05) is 42.5 Å². The number of nitrogens with two attached hydrogens (primary N) is 1. The van der Waals surface area contributed by atoms with Crippen molar-refractivity contribution in [3.05, 3.63) is 102 Å². The molecule has 0 atom stereocenters. The molecule has 2 N–H and O–H groups in total. The highest BCUT2D eigenvalue weighted by atomic mass is 19.1. The van der Waals surface area contributed by atoms with Crippen molar-refractivity contribution in [2.45, 2.75) is 13.0 Å². The average Bonchev–Trinajstić information content (AvgIpc) is 2.80. The Morgan fingerprint density at radius 2 is 1.76 bits per heavy atom. The lowest BCUT2D eigenvalue weighted by atomic mass is 9.91. The van der Waals surface area contributed by atoms with Gasteiger partial charge in [0, 0.05) is 37.3 Å². The van der Waals surface area contributed by atoms with E-state index in [1.54, 1.807) is 12.1 Å². The van der Waals surface area contributed by atoms with Gasteiger partial charge in [-0.05, 0) is 53.1 Å². The number of ether oxygens (including phenoxy) is 1. The molecule has 33 heavy (non-hydrogen) atoms. The Morgan fingerprint density at radius 1 is 1.00 bits per heavy atom. The number of nitrogens with zero attached hydrogens (tertiary/aromatic N) is 2. The van der Waals surface area contributed by atoms with Crippen molar-refractivity contribution in [3.63, 3.8) is 0 Å². The van der Waals surface area contributed by atoms with E-state index >= 15 is 0 Å². The number of likely N-dealkylation sites (tertiary alicyclic amines) is 1. The molecule has 166 valence electrons. The number of halogens is 1. The maximum absolute atomic E-state index is 13.1. The fourth-order valence-corrected chi connectivity index (χ4v) is 4.39. The SMILES string of the molecule is NC(=O)c1ccc(Oc2ccc(CN3CC(Cc4ccc(F)cc4)C3)c3ccccc23)nc1. The Balaban J connectivity index is 1.27. The van der Waals surface area contributed by atoms with Crippen molar-refractivity contribution in [1.29, 1.82) is 0 Å². The number of primary amides is 1. The van der Waals surface area contributed by atoms with Gasteiger partial charge in [-0.15, -0.1) is 0 Å². The Kier molecular flexibility index (Phi) is 5.75. The molecule has 1 saturated heterocycles. The second kappa shape index (κ2) is 9.00. The molecule has 1 aliphatic rings. The molecular weight excluding hydrogens is 417 g/mol. The van der Waals surface area contributed by atoms with Crippen LogP contribution in [0.3, 0.4) is 0 Å². The maximum Gasteiger partial charge on any atom is 0.250 e.